The predicted octanol–water partition coefficient (Wildman–Crippen LogP) is 4.30. The van der Waals surface area contributed by atoms with Crippen LogP contribution in [0.25, 0.3) is 0 Å². The van der Waals surface area contributed by atoms with Gasteiger partial charge in [-0.05, 0) is 58.3 Å². The van der Waals surface area contributed by atoms with E-state index >= 15 is 0 Å². The van der Waals surface area contributed by atoms with Crippen molar-refractivity contribution in [3.63, 3.8) is 0 Å². The van der Waals surface area contributed by atoms with Crippen LogP contribution in [0, 0.1) is 0 Å². The van der Waals surface area contributed by atoms with Gasteiger partial charge in [0, 0.05) is 31.6 Å². The van der Waals surface area contributed by atoms with Crippen molar-refractivity contribution in [3.8, 4) is 0 Å². The minimum atomic E-state index is 0.153. The molecule has 3 rings (SSSR count). The van der Waals surface area contributed by atoms with Gasteiger partial charge in [-0.15, -0.1) is 22.7 Å². The maximum absolute atomic E-state index is 6.31. The molecular formula is C13H14BrNS2. The fourth-order valence-electron chi connectivity index (χ4n) is 2.31. The van der Waals surface area contributed by atoms with Gasteiger partial charge in [0.25, 0.3) is 0 Å². The fraction of sp³-hybridized carbons (Fsp3) is 0.385. The number of halogens is 1. The molecular weight excluding hydrogens is 314 g/mol. The highest BCUT2D eigenvalue weighted by atomic mass is 79.9. The normalized spacial score (nSPS) is 16.1. The maximum atomic E-state index is 6.31. The van der Waals surface area contributed by atoms with Crippen LogP contribution >= 0.6 is 38.6 Å². The van der Waals surface area contributed by atoms with Crippen molar-refractivity contribution in [3.05, 3.63) is 42.2 Å². The van der Waals surface area contributed by atoms with Gasteiger partial charge in [0.15, 0.2) is 0 Å². The average Bonchev–Trinajstić information content (AvgIpc) is 2.93. The molecule has 1 nitrogen and oxygen atoms in total. The highest BCUT2D eigenvalue weighted by molar-refractivity contribution is 9.10. The summed E-state index contributed by atoms with van der Waals surface area (Å²) in [6.07, 6.45) is 4.78. The second kappa shape index (κ2) is 4.84. The summed E-state index contributed by atoms with van der Waals surface area (Å²) in [5.41, 5.74) is 7.86. The summed E-state index contributed by atoms with van der Waals surface area (Å²) in [5, 5.41) is 2.11. The zero-order valence-corrected chi connectivity index (χ0v) is 12.6. The van der Waals surface area contributed by atoms with E-state index in [1.165, 1.54) is 33.5 Å². The second-order valence-corrected chi connectivity index (χ2v) is 7.48. The molecule has 2 aromatic rings. The third-order valence-electron chi connectivity index (χ3n) is 3.23. The highest BCUT2D eigenvalue weighted by Crippen LogP contribution is 2.35. The lowest BCUT2D eigenvalue weighted by Gasteiger charge is -2.08. The number of nitrogens with two attached hydrogens (primary N) is 1. The van der Waals surface area contributed by atoms with Crippen LogP contribution in [0.1, 0.15) is 32.7 Å². The van der Waals surface area contributed by atoms with Crippen molar-refractivity contribution in [1.29, 1.82) is 0 Å². The van der Waals surface area contributed by atoms with Crippen LogP contribution in [0.3, 0.4) is 0 Å². The molecule has 2 aromatic heterocycles. The molecule has 0 amide bonds. The Bertz CT molecular complexity index is 508. The number of hydrogen-bond donors (Lipinski definition) is 1. The molecule has 1 aliphatic carbocycles. The Morgan fingerprint density at radius 2 is 2.29 bits per heavy atom. The van der Waals surface area contributed by atoms with Gasteiger partial charge in [0.2, 0.25) is 0 Å². The SMILES string of the molecule is NC(Cc1sccc1Br)c1cc2c(s1)CCC2. The van der Waals surface area contributed by atoms with E-state index in [1.807, 2.05) is 11.3 Å². The van der Waals surface area contributed by atoms with Crippen molar-refractivity contribution < 1.29 is 0 Å². The van der Waals surface area contributed by atoms with Crippen LogP contribution in [0.4, 0.5) is 0 Å². The van der Waals surface area contributed by atoms with E-state index in [-0.39, 0.29) is 6.04 Å². The highest BCUT2D eigenvalue weighted by Gasteiger charge is 2.19. The first-order chi connectivity index (χ1) is 8.24. The van der Waals surface area contributed by atoms with E-state index in [4.69, 9.17) is 5.73 Å². The van der Waals surface area contributed by atoms with Gasteiger partial charge in [-0.1, -0.05) is 0 Å². The molecule has 0 saturated heterocycles. The molecule has 0 fully saturated rings. The van der Waals surface area contributed by atoms with Gasteiger partial charge in [0.1, 0.15) is 0 Å². The summed E-state index contributed by atoms with van der Waals surface area (Å²) in [6, 6.07) is 4.58. The quantitative estimate of drug-likeness (QED) is 0.893. The summed E-state index contributed by atoms with van der Waals surface area (Å²) in [6.45, 7) is 0. The van der Waals surface area contributed by atoms with E-state index < -0.39 is 0 Å². The van der Waals surface area contributed by atoms with Crippen molar-refractivity contribution in [2.45, 2.75) is 31.7 Å². The number of thiophene rings is 2. The number of rotatable bonds is 3. The summed E-state index contributed by atoms with van der Waals surface area (Å²) in [7, 11) is 0. The minimum absolute atomic E-state index is 0.153. The standard InChI is InChI=1S/C13H14BrNS2/c14-9-4-5-16-12(9)7-10(15)13-6-8-2-1-3-11(8)17-13/h4-6,10H,1-3,7,15H2. The van der Waals surface area contributed by atoms with E-state index in [2.05, 4.69) is 33.4 Å². The molecule has 0 aliphatic heterocycles. The maximum Gasteiger partial charge on any atom is 0.0439 e. The predicted molar refractivity (Wildman–Crippen MR) is 79.0 cm³/mol. The Hall–Kier alpha value is -0.160. The molecule has 1 atom stereocenters. The van der Waals surface area contributed by atoms with Gasteiger partial charge in [-0.2, -0.15) is 0 Å². The molecule has 90 valence electrons. The van der Waals surface area contributed by atoms with Crippen molar-refractivity contribution in [2.24, 2.45) is 5.73 Å². The Morgan fingerprint density at radius 3 is 3.00 bits per heavy atom. The van der Waals surface area contributed by atoms with Gasteiger partial charge in [-0.3, -0.25) is 0 Å². The summed E-state index contributed by atoms with van der Waals surface area (Å²) in [5.74, 6) is 0. The molecule has 0 bridgehead atoms. The Kier molecular flexibility index (Phi) is 3.39. The van der Waals surface area contributed by atoms with Crippen LogP contribution in [0.5, 0.6) is 0 Å². The van der Waals surface area contributed by atoms with Gasteiger partial charge < -0.3 is 5.73 Å². The molecule has 0 aromatic carbocycles. The van der Waals surface area contributed by atoms with Crippen LogP contribution in [0.2, 0.25) is 0 Å². The van der Waals surface area contributed by atoms with E-state index in [9.17, 15) is 0 Å². The lowest BCUT2D eigenvalue weighted by atomic mass is 10.1. The van der Waals surface area contributed by atoms with Crippen LogP contribution in [0.15, 0.2) is 22.0 Å². The molecule has 17 heavy (non-hydrogen) atoms. The fourth-order valence-corrected chi connectivity index (χ4v) is 5.14. The lowest BCUT2D eigenvalue weighted by Crippen LogP contribution is -2.11. The lowest BCUT2D eigenvalue weighted by molar-refractivity contribution is 0.742. The van der Waals surface area contributed by atoms with Crippen LogP contribution in [-0.4, -0.2) is 0 Å². The van der Waals surface area contributed by atoms with E-state index in [0.717, 1.165) is 6.42 Å². The van der Waals surface area contributed by atoms with Gasteiger partial charge in [-0.25, -0.2) is 0 Å². The molecule has 1 aliphatic rings. The van der Waals surface area contributed by atoms with Crippen LogP contribution in [-0.2, 0) is 19.3 Å². The molecule has 4 heteroatoms. The summed E-state index contributed by atoms with van der Waals surface area (Å²) < 4.78 is 1.20. The molecule has 2 N–H and O–H groups in total. The van der Waals surface area contributed by atoms with Crippen molar-refractivity contribution in [1.82, 2.24) is 0 Å². The average molecular weight is 328 g/mol. The topological polar surface area (TPSA) is 26.0 Å². The van der Waals surface area contributed by atoms with Gasteiger partial charge >= 0.3 is 0 Å². The summed E-state index contributed by atoms with van der Waals surface area (Å²) >= 11 is 7.27. The second-order valence-electron chi connectivity index (χ2n) is 4.45. The van der Waals surface area contributed by atoms with E-state index in [1.54, 1.807) is 21.8 Å². The van der Waals surface area contributed by atoms with E-state index in [0.29, 0.717) is 0 Å². The molecule has 0 saturated carbocycles. The minimum Gasteiger partial charge on any atom is -0.323 e. The number of aryl methyl sites for hydroxylation is 2. The molecule has 2 heterocycles. The van der Waals surface area contributed by atoms with Gasteiger partial charge in [0.05, 0.1) is 0 Å². The molecule has 1 unspecified atom stereocenters. The molecule has 0 radical (unpaired) electrons. The molecule has 0 spiro atoms. The first kappa shape index (κ1) is 11.9. The smallest absolute Gasteiger partial charge is 0.0439 e. The third-order valence-corrected chi connectivity index (χ3v) is 6.55. The van der Waals surface area contributed by atoms with Crippen molar-refractivity contribution in [2.75, 3.05) is 0 Å². The Labute approximate surface area is 118 Å². The van der Waals surface area contributed by atoms with Crippen molar-refractivity contribution >= 4 is 38.6 Å². The Morgan fingerprint density at radius 1 is 1.41 bits per heavy atom. The zero-order valence-electron chi connectivity index (χ0n) is 9.41. The summed E-state index contributed by atoms with van der Waals surface area (Å²) in [4.78, 5) is 4.28. The Balaban J connectivity index is 1.77. The third kappa shape index (κ3) is 2.36. The first-order valence-corrected chi connectivity index (χ1v) is 8.32. The largest absolute Gasteiger partial charge is 0.323 e. The number of fused-ring (bicyclic) bond motifs is 1. The zero-order chi connectivity index (χ0) is 11.8. The first-order valence-electron chi connectivity index (χ1n) is 5.83. The number of hydrogen-bond acceptors (Lipinski definition) is 3. The monoisotopic (exact) mass is 327 g/mol. The van der Waals surface area contributed by atoms with Crippen LogP contribution < -0.4 is 5.73 Å².